The van der Waals surface area contributed by atoms with Crippen LogP contribution in [0.5, 0.6) is 11.5 Å². The SMILES string of the molecule is COc1cc(C(Cl)c2ccc(F)c(Cl)c2)c(OC)cc1Br. The number of ether oxygens (including phenoxy) is 2. The van der Waals surface area contributed by atoms with Gasteiger partial charge < -0.3 is 9.47 Å². The van der Waals surface area contributed by atoms with Crippen LogP contribution in [0.1, 0.15) is 16.5 Å². The number of halogens is 4. The zero-order valence-electron chi connectivity index (χ0n) is 11.3. The lowest BCUT2D eigenvalue weighted by atomic mass is 10.0. The van der Waals surface area contributed by atoms with Gasteiger partial charge in [-0.1, -0.05) is 17.7 Å². The topological polar surface area (TPSA) is 18.5 Å². The van der Waals surface area contributed by atoms with E-state index in [0.717, 1.165) is 4.47 Å². The minimum Gasteiger partial charge on any atom is -0.496 e. The smallest absolute Gasteiger partial charge is 0.141 e. The van der Waals surface area contributed by atoms with Crippen molar-refractivity contribution in [2.45, 2.75) is 5.38 Å². The molecule has 0 amide bonds. The number of hydrogen-bond acceptors (Lipinski definition) is 2. The molecule has 0 aliphatic carbocycles. The van der Waals surface area contributed by atoms with E-state index < -0.39 is 11.2 Å². The lowest BCUT2D eigenvalue weighted by molar-refractivity contribution is 0.397. The first-order valence-electron chi connectivity index (χ1n) is 5.98. The molecule has 21 heavy (non-hydrogen) atoms. The highest BCUT2D eigenvalue weighted by Crippen LogP contribution is 2.41. The predicted octanol–water partition coefficient (Wildman–Crippen LogP) is 5.59. The van der Waals surface area contributed by atoms with Gasteiger partial charge in [0, 0.05) is 5.56 Å². The van der Waals surface area contributed by atoms with Crippen LogP contribution in [0.4, 0.5) is 4.39 Å². The van der Waals surface area contributed by atoms with Gasteiger partial charge in [0.15, 0.2) is 0 Å². The fourth-order valence-corrected chi connectivity index (χ4v) is 2.91. The van der Waals surface area contributed by atoms with Crippen LogP contribution in [0.25, 0.3) is 0 Å². The van der Waals surface area contributed by atoms with Gasteiger partial charge in [-0.25, -0.2) is 4.39 Å². The molecule has 112 valence electrons. The van der Waals surface area contributed by atoms with E-state index in [1.54, 1.807) is 32.4 Å². The summed E-state index contributed by atoms with van der Waals surface area (Å²) in [6.07, 6.45) is 0. The maximum Gasteiger partial charge on any atom is 0.141 e. The van der Waals surface area contributed by atoms with E-state index in [1.807, 2.05) is 0 Å². The maximum atomic E-state index is 13.3. The van der Waals surface area contributed by atoms with Crippen LogP contribution in [-0.4, -0.2) is 14.2 Å². The number of rotatable bonds is 4. The molecule has 6 heteroatoms. The van der Waals surface area contributed by atoms with Crippen molar-refractivity contribution in [1.82, 2.24) is 0 Å². The van der Waals surface area contributed by atoms with Crippen molar-refractivity contribution < 1.29 is 13.9 Å². The molecule has 0 aliphatic rings. The van der Waals surface area contributed by atoms with E-state index >= 15 is 0 Å². The second kappa shape index (κ2) is 6.86. The number of benzene rings is 2. The summed E-state index contributed by atoms with van der Waals surface area (Å²) in [7, 11) is 3.12. The Labute approximate surface area is 140 Å². The highest BCUT2D eigenvalue weighted by atomic mass is 79.9. The largest absolute Gasteiger partial charge is 0.496 e. The van der Waals surface area contributed by atoms with E-state index in [4.69, 9.17) is 32.7 Å². The average Bonchev–Trinajstić information content (AvgIpc) is 2.49. The van der Waals surface area contributed by atoms with Gasteiger partial charge >= 0.3 is 0 Å². The predicted molar refractivity (Wildman–Crippen MR) is 86.4 cm³/mol. The Morgan fingerprint density at radius 2 is 1.76 bits per heavy atom. The molecule has 0 fully saturated rings. The summed E-state index contributed by atoms with van der Waals surface area (Å²) < 4.78 is 24.6. The van der Waals surface area contributed by atoms with Gasteiger partial charge in [-0.15, -0.1) is 11.6 Å². The highest BCUT2D eigenvalue weighted by Gasteiger charge is 2.19. The fourth-order valence-electron chi connectivity index (χ4n) is 1.93. The Balaban J connectivity index is 2.50. The van der Waals surface area contributed by atoms with Crippen LogP contribution in [0.15, 0.2) is 34.8 Å². The van der Waals surface area contributed by atoms with Gasteiger partial charge in [-0.3, -0.25) is 0 Å². The van der Waals surface area contributed by atoms with Gasteiger partial charge in [-0.05, 0) is 45.8 Å². The van der Waals surface area contributed by atoms with E-state index in [2.05, 4.69) is 15.9 Å². The molecular weight excluding hydrogens is 382 g/mol. The molecule has 2 rings (SSSR count). The third kappa shape index (κ3) is 3.44. The first kappa shape index (κ1) is 16.4. The van der Waals surface area contributed by atoms with E-state index in [9.17, 15) is 4.39 Å². The minimum absolute atomic E-state index is 0.0289. The van der Waals surface area contributed by atoms with Crippen molar-refractivity contribution in [2.75, 3.05) is 14.2 Å². The van der Waals surface area contributed by atoms with Gasteiger partial charge in [0.25, 0.3) is 0 Å². The average molecular weight is 394 g/mol. The first-order valence-corrected chi connectivity index (χ1v) is 7.59. The first-order chi connectivity index (χ1) is 9.97. The molecule has 0 spiro atoms. The van der Waals surface area contributed by atoms with Crippen molar-refractivity contribution >= 4 is 39.1 Å². The molecule has 0 saturated heterocycles. The Hall–Kier alpha value is -0.970. The highest BCUT2D eigenvalue weighted by molar-refractivity contribution is 9.10. The second-order valence-electron chi connectivity index (χ2n) is 4.26. The Kier molecular flexibility index (Phi) is 5.36. The molecule has 0 aliphatic heterocycles. The molecule has 2 aromatic rings. The molecule has 2 aromatic carbocycles. The summed E-state index contributed by atoms with van der Waals surface area (Å²) in [4.78, 5) is 0. The Morgan fingerprint density at radius 3 is 2.33 bits per heavy atom. The van der Waals surface area contributed by atoms with Crippen LogP contribution in [0.3, 0.4) is 0 Å². The molecule has 1 atom stereocenters. The van der Waals surface area contributed by atoms with Crippen LogP contribution in [0, 0.1) is 5.82 Å². The monoisotopic (exact) mass is 392 g/mol. The molecule has 0 radical (unpaired) electrons. The Bertz CT molecular complexity index is 664. The quantitative estimate of drug-likeness (QED) is 0.630. The van der Waals surface area contributed by atoms with Crippen molar-refractivity contribution in [3.8, 4) is 11.5 Å². The molecule has 0 saturated carbocycles. The van der Waals surface area contributed by atoms with Gasteiger partial charge in [0.1, 0.15) is 17.3 Å². The zero-order valence-corrected chi connectivity index (χ0v) is 14.4. The van der Waals surface area contributed by atoms with Crippen LogP contribution < -0.4 is 9.47 Å². The summed E-state index contributed by atoms with van der Waals surface area (Å²) in [5.41, 5.74) is 1.38. The maximum absolute atomic E-state index is 13.3. The van der Waals surface area contributed by atoms with Crippen molar-refractivity contribution in [1.29, 1.82) is 0 Å². The minimum atomic E-state index is -0.542. The number of hydrogen-bond donors (Lipinski definition) is 0. The standard InChI is InChI=1S/C15H12BrCl2FO2/c1-20-13-7-10(16)14(21-2)6-9(13)15(18)8-3-4-12(19)11(17)5-8/h3-7,15H,1-2H3. The summed E-state index contributed by atoms with van der Waals surface area (Å²) in [5.74, 6) is 0.748. The molecule has 0 aromatic heterocycles. The second-order valence-corrected chi connectivity index (χ2v) is 5.96. The lowest BCUT2D eigenvalue weighted by Gasteiger charge is -2.17. The molecule has 1 unspecified atom stereocenters. The van der Waals surface area contributed by atoms with Gasteiger partial charge in [0.2, 0.25) is 0 Å². The summed E-state index contributed by atoms with van der Waals surface area (Å²) in [6, 6.07) is 7.93. The van der Waals surface area contributed by atoms with Gasteiger partial charge in [-0.2, -0.15) is 0 Å². The summed E-state index contributed by atoms with van der Waals surface area (Å²) >= 11 is 15.7. The molecule has 0 bridgehead atoms. The molecular formula is C15H12BrCl2FO2. The third-order valence-corrected chi connectivity index (χ3v) is 4.41. The normalized spacial score (nSPS) is 12.1. The lowest BCUT2D eigenvalue weighted by Crippen LogP contribution is -1.99. The Morgan fingerprint density at radius 1 is 1.10 bits per heavy atom. The summed E-state index contributed by atoms with van der Waals surface area (Å²) in [6.45, 7) is 0. The van der Waals surface area contributed by atoms with Crippen molar-refractivity contribution in [2.24, 2.45) is 0 Å². The van der Waals surface area contributed by atoms with E-state index in [0.29, 0.717) is 22.6 Å². The van der Waals surface area contributed by atoms with E-state index in [1.165, 1.54) is 12.1 Å². The number of methoxy groups -OCH3 is 2. The molecule has 0 N–H and O–H groups in total. The van der Waals surface area contributed by atoms with Crippen LogP contribution >= 0.6 is 39.1 Å². The van der Waals surface area contributed by atoms with Crippen LogP contribution in [-0.2, 0) is 0 Å². The molecule has 2 nitrogen and oxygen atoms in total. The van der Waals surface area contributed by atoms with E-state index in [-0.39, 0.29) is 5.02 Å². The zero-order chi connectivity index (χ0) is 15.6. The third-order valence-electron chi connectivity index (χ3n) is 3.01. The van der Waals surface area contributed by atoms with Crippen molar-refractivity contribution in [3.05, 3.63) is 56.8 Å². The van der Waals surface area contributed by atoms with Crippen molar-refractivity contribution in [3.63, 3.8) is 0 Å². The van der Waals surface area contributed by atoms with Crippen LogP contribution in [0.2, 0.25) is 5.02 Å². The number of alkyl halides is 1. The van der Waals surface area contributed by atoms with Gasteiger partial charge in [0.05, 0.1) is 29.1 Å². The summed E-state index contributed by atoms with van der Waals surface area (Å²) in [5, 5.41) is -0.513. The fraction of sp³-hybridized carbons (Fsp3) is 0.200. The molecule has 0 heterocycles.